The molecule has 120 valence electrons. The minimum absolute atomic E-state index is 0.0429. The predicted molar refractivity (Wildman–Crippen MR) is 90.2 cm³/mol. The quantitative estimate of drug-likeness (QED) is 0.942. The van der Waals surface area contributed by atoms with Gasteiger partial charge in [0.1, 0.15) is 0 Å². The van der Waals surface area contributed by atoms with Gasteiger partial charge in [-0.25, -0.2) is 0 Å². The fraction of sp³-hybridized carbons (Fsp3) is 0.389. The molecule has 1 fully saturated rings. The molecule has 1 unspecified atom stereocenters. The number of anilines is 1. The van der Waals surface area contributed by atoms with Crippen LogP contribution in [-0.4, -0.2) is 40.6 Å². The lowest BCUT2D eigenvalue weighted by atomic mass is 9.81. The van der Waals surface area contributed by atoms with E-state index >= 15 is 0 Å². The van der Waals surface area contributed by atoms with Crippen molar-refractivity contribution < 1.29 is 4.79 Å². The first-order chi connectivity index (χ1) is 11.0. The maximum Gasteiger partial charge on any atom is 0.239 e. The summed E-state index contributed by atoms with van der Waals surface area (Å²) >= 11 is 0. The van der Waals surface area contributed by atoms with Crippen LogP contribution >= 0.6 is 0 Å². The number of nitrogens with zero attached hydrogens (tertiary/aromatic N) is 3. The minimum atomic E-state index is -0.0429. The molecule has 1 N–H and O–H groups in total. The fourth-order valence-electron chi connectivity index (χ4n) is 3.14. The number of rotatable bonds is 4. The highest BCUT2D eigenvalue weighted by Crippen LogP contribution is 2.34. The fourth-order valence-corrected chi connectivity index (χ4v) is 3.14. The number of hydrogen-bond acceptors (Lipinski definition) is 4. The van der Waals surface area contributed by atoms with Gasteiger partial charge in [-0.05, 0) is 37.6 Å². The molecule has 0 spiro atoms. The first-order valence-electron chi connectivity index (χ1n) is 7.92. The predicted octanol–water partition coefficient (Wildman–Crippen LogP) is 2.39. The zero-order valence-corrected chi connectivity index (χ0v) is 13.6. The Morgan fingerprint density at radius 1 is 1.30 bits per heavy atom. The molecule has 1 aromatic heterocycles. The Morgan fingerprint density at radius 3 is 2.78 bits per heavy atom. The highest BCUT2D eigenvalue weighted by atomic mass is 16.2. The van der Waals surface area contributed by atoms with Crippen molar-refractivity contribution in [2.75, 3.05) is 25.0 Å². The van der Waals surface area contributed by atoms with Gasteiger partial charge in [0, 0.05) is 18.2 Å². The lowest BCUT2D eigenvalue weighted by Gasteiger charge is -2.25. The molecule has 2 heterocycles. The van der Waals surface area contributed by atoms with Gasteiger partial charge in [-0.1, -0.05) is 36.8 Å². The third kappa shape index (κ3) is 3.74. The van der Waals surface area contributed by atoms with E-state index in [-0.39, 0.29) is 11.3 Å². The standard InChI is InChI=1S/C18H22N4O/c1-14-5-7-15(8-6-14)18(2)9-11-22(13-18)12-17(23)20-16-4-3-10-19-21-16/h3-8,10H,9,11-13H2,1-2H3,(H,20,21,23). The molecule has 1 amide bonds. The molecule has 1 aliphatic rings. The van der Waals surface area contributed by atoms with E-state index in [1.54, 1.807) is 18.3 Å². The first kappa shape index (κ1) is 15.6. The van der Waals surface area contributed by atoms with E-state index in [2.05, 4.69) is 58.5 Å². The summed E-state index contributed by atoms with van der Waals surface area (Å²) in [7, 11) is 0. The number of benzene rings is 1. The van der Waals surface area contributed by atoms with Crippen LogP contribution in [0.5, 0.6) is 0 Å². The molecule has 0 saturated carbocycles. The summed E-state index contributed by atoms with van der Waals surface area (Å²) in [5, 5.41) is 10.4. The smallest absolute Gasteiger partial charge is 0.239 e. The van der Waals surface area contributed by atoms with Gasteiger partial charge in [0.2, 0.25) is 5.91 Å². The largest absolute Gasteiger partial charge is 0.308 e. The molecule has 1 aromatic carbocycles. The van der Waals surface area contributed by atoms with Gasteiger partial charge in [-0.3, -0.25) is 9.69 Å². The van der Waals surface area contributed by atoms with Crippen molar-refractivity contribution in [3.05, 3.63) is 53.7 Å². The average molecular weight is 310 g/mol. The van der Waals surface area contributed by atoms with E-state index in [0.29, 0.717) is 12.4 Å². The SMILES string of the molecule is Cc1ccc(C2(C)CCN(CC(=O)Nc3cccnn3)C2)cc1. The second-order valence-electron chi connectivity index (χ2n) is 6.54. The number of nitrogens with one attached hydrogen (secondary N) is 1. The third-order valence-corrected chi connectivity index (χ3v) is 4.51. The number of hydrogen-bond donors (Lipinski definition) is 1. The number of aromatic nitrogens is 2. The van der Waals surface area contributed by atoms with Crippen LogP contribution in [0.4, 0.5) is 5.82 Å². The molecule has 1 atom stereocenters. The molecule has 3 rings (SSSR count). The number of carbonyl (C=O) groups excluding carboxylic acids is 1. The molecule has 1 aliphatic heterocycles. The maximum atomic E-state index is 12.1. The molecule has 1 saturated heterocycles. The van der Waals surface area contributed by atoms with E-state index in [9.17, 15) is 4.79 Å². The number of amides is 1. The summed E-state index contributed by atoms with van der Waals surface area (Å²) in [6, 6.07) is 12.2. The Hall–Kier alpha value is -2.27. The van der Waals surface area contributed by atoms with E-state index in [1.165, 1.54) is 11.1 Å². The van der Waals surface area contributed by atoms with Crippen LogP contribution in [0.1, 0.15) is 24.5 Å². The highest BCUT2D eigenvalue weighted by Gasteiger charge is 2.35. The molecule has 5 nitrogen and oxygen atoms in total. The van der Waals surface area contributed by atoms with Crippen molar-refractivity contribution in [2.24, 2.45) is 0 Å². The summed E-state index contributed by atoms with van der Waals surface area (Å²) in [6.45, 7) is 6.59. The number of carbonyl (C=O) groups is 1. The van der Waals surface area contributed by atoms with Crippen molar-refractivity contribution in [3.8, 4) is 0 Å². The topological polar surface area (TPSA) is 58.1 Å². The average Bonchev–Trinajstić information content (AvgIpc) is 2.91. The maximum absolute atomic E-state index is 12.1. The van der Waals surface area contributed by atoms with Gasteiger partial charge in [-0.15, -0.1) is 5.10 Å². The summed E-state index contributed by atoms with van der Waals surface area (Å²) in [6.07, 6.45) is 2.65. The van der Waals surface area contributed by atoms with Crippen LogP contribution in [0.25, 0.3) is 0 Å². The summed E-state index contributed by atoms with van der Waals surface area (Å²) in [5.74, 6) is 0.455. The van der Waals surface area contributed by atoms with E-state index in [0.717, 1.165) is 19.5 Å². The van der Waals surface area contributed by atoms with Gasteiger partial charge >= 0.3 is 0 Å². The summed E-state index contributed by atoms with van der Waals surface area (Å²) in [5.41, 5.74) is 2.73. The third-order valence-electron chi connectivity index (χ3n) is 4.51. The molecule has 0 bridgehead atoms. The molecule has 0 radical (unpaired) electrons. The van der Waals surface area contributed by atoms with E-state index in [1.807, 2.05) is 0 Å². The molecular weight excluding hydrogens is 288 g/mol. The zero-order chi connectivity index (χ0) is 16.3. The van der Waals surface area contributed by atoms with Crippen molar-refractivity contribution in [1.82, 2.24) is 15.1 Å². The monoisotopic (exact) mass is 310 g/mol. The van der Waals surface area contributed by atoms with Gasteiger partial charge in [0.15, 0.2) is 5.82 Å². The van der Waals surface area contributed by atoms with Crippen molar-refractivity contribution in [2.45, 2.75) is 25.7 Å². The van der Waals surface area contributed by atoms with Crippen molar-refractivity contribution >= 4 is 11.7 Å². The van der Waals surface area contributed by atoms with Crippen molar-refractivity contribution in [1.29, 1.82) is 0 Å². The Balaban J connectivity index is 1.59. The first-order valence-corrected chi connectivity index (χ1v) is 7.92. The van der Waals surface area contributed by atoms with Gasteiger partial charge < -0.3 is 5.32 Å². The minimum Gasteiger partial charge on any atom is -0.308 e. The van der Waals surface area contributed by atoms with Crippen LogP contribution in [-0.2, 0) is 10.2 Å². The Labute approximate surface area is 136 Å². The van der Waals surface area contributed by atoms with Crippen LogP contribution < -0.4 is 5.32 Å². The van der Waals surface area contributed by atoms with Crippen LogP contribution in [0.3, 0.4) is 0 Å². The summed E-state index contributed by atoms with van der Waals surface area (Å²) in [4.78, 5) is 14.3. The molecule has 0 aliphatic carbocycles. The molecule has 2 aromatic rings. The Kier molecular flexibility index (Phi) is 4.39. The second-order valence-corrected chi connectivity index (χ2v) is 6.54. The van der Waals surface area contributed by atoms with Gasteiger partial charge in [-0.2, -0.15) is 5.10 Å². The lowest BCUT2D eigenvalue weighted by Crippen LogP contribution is -2.34. The Bertz CT molecular complexity index is 671. The van der Waals surface area contributed by atoms with Gasteiger partial charge in [0.05, 0.1) is 6.54 Å². The van der Waals surface area contributed by atoms with Crippen LogP contribution in [0.2, 0.25) is 0 Å². The lowest BCUT2D eigenvalue weighted by molar-refractivity contribution is -0.117. The second kappa shape index (κ2) is 6.46. The number of aryl methyl sites for hydroxylation is 1. The zero-order valence-electron chi connectivity index (χ0n) is 13.6. The van der Waals surface area contributed by atoms with Crippen molar-refractivity contribution in [3.63, 3.8) is 0 Å². The molecular formula is C18H22N4O. The van der Waals surface area contributed by atoms with Gasteiger partial charge in [0.25, 0.3) is 0 Å². The normalized spacial score (nSPS) is 21.3. The van der Waals surface area contributed by atoms with Crippen LogP contribution in [0.15, 0.2) is 42.6 Å². The van der Waals surface area contributed by atoms with E-state index < -0.39 is 0 Å². The highest BCUT2D eigenvalue weighted by molar-refractivity contribution is 5.91. The summed E-state index contributed by atoms with van der Waals surface area (Å²) < 4.78 is 0. The number of likely N-dealkylation sites (tertiary alicyclic amines) is 1. The molecule has 23 heavy (non-hydrogen) atoms. The van der Waals surface area contributed by atoms with Crippen LogP contribution in [0, 0.1) is 6.92 Å². The molecule has 5 heteroatoms. The Morgan fingerprint density at radius 2 is 2.09 bits per heavy atom. The van der Waals surface area contributed by atoms with E-state index in [4.69, 9.17) is 0 Å².